The molecule has 0 amide bonds. The second-order valence-corrected chi connectivity index (χ2v) is 4.57. The molecule has 4 nitrogen and oxygen atoms in total. The van der Waals surface area contributed by atoms with E-state index in [1.54, 1.807) is 18.2 Å². The van der Waals surface area contributed by atoms with E-state index in [1.807, 2.05) is 12.1 Å². The van der Waals surface area contributed by atoms with Crippen molar-refractivity contribution < 1.29 is 18.6 Å². The molecule has 0 radical (unpaired) electrons. The molecule has 1 unspecified atom stereocenters. The van der Waals surface area contributed by atoms with Crippen LogP contribution in [0.25, 0.3) is 0 Å². The summed E-state index contributed by atoms with van der Waals surface area (Å²) in [4.78, 5) is 0. The molecule has 2 aromatic rings. The second-order valence-electron chi connectivity index (χ2n) is 4.57. The minimum Gasteiger partial charge on any atom is -0.487 e. The number of ether oxygens (including phenoxy) is 3. The molecule has 21 heavy (non-hydrogen) atoms. The summed E-state index contributed by atoms with van der Waals surface area (Å²) in [6.45, 7) is 1.14. The molecule has 2 aromatic carbocycles. The molecule has 0 bridgehead atoms. The number of halogens is 1. The van der Waals surface area contributed by atoms with Gasteiger partial charge in [-0.1, -0.05) is 12.1 Å². The third-order valence-electron chi connectivity index (χ3n) is 2.96. The van der Waals surface area contributed by atoms with E-state index in [-0.39, 0.29) is 17.4 Å². The maximum atomic E-state index is 13.8. The molecule has 3 rings (SSSR count). The van der Waals surface area contributed by atoms with Crippen molar-refractivity contribution in [2.45, 2.75) is 6.10 Å². The molecule has 1 aliphatic heterocycles. The van der Waals surface area contributed by atoms with Crippen LogP contribution < -0.4 is 9.47 Å². The molecule has 0 N–H and O–H groups in total. The van der Waals surface area contributed by atoms with Crippen molar-refractivity contribution in [1.29, 1.82) is 5.26 Å². The Morgan fingerprint density at radius 1 is 1.19 bits per heavy atom. The predicted molar refractivity (Wildman–Crippen MR) is 72.9 cm³/mol. The van der Waals surface area contributed by atoms with Gasteiger partial charge in [0.15, 0.2) is 23.1 Å². The van der Waals surface area contributed by atoms with Crippen LogP contribution in [0.15, 0.2) is 42.5 Å². The van der Waals surface area contributed by atoms with E-state index in [0.717, 1.165) is 6.07 Å². The van der Waals surface area contributed by atoms with Gasteiger partial charge in [-0.2, -0.15) is 5.26 Å². The fraction of sp³-hybridized carbons (Fsp3) is 0.188. The predicted octanol–water partition coefficient (Wildman–Crippen LogP) is 3.27. The number of nitriles is 1. The molecule has 106 valence electrons. The Morgan fingerprint density at radius 2 is 1.95 bits per heavy atom. The largest absolute Gasteiger partial charge is 0.487 e. The normalized spacial score (nSPS) is 16.1. The van der Waals surface area contributed by atoms with Crippen molar-refractivity contribution in [3.63, 3.8) is 0 Å². The lowest BCUT2D eigenvalue weighted by atomic mass is 10.2. The zero-order chi connectivity index (χ0) is 14.7. The fourth-order valence-electron chi connectivity index (χ4n) is 1.77. The van der Waals surface area contributed by atoms with Crippen LogP contribution in [0.2, 0.25) is 0 Å². The van der Waals surface area contributed by atoms with E-state index in [2.05, 4.69) is 0 Å². The van der Waals surface area contributed by atoms with Gasteiger partial charge in [0, 0.05) is 0 Å². The maximum Gasteiger partial charge on any atom is 0.169 e. The monoisotopic (exact) mass is 285 g/mol. The average Bonchev–Trinajstić information content (AvgIpc) is 3.32. The highest BCUT2D eigenvalue weighted by atomic mass is 19.1. The summed E-state index contributed by atoms with van der Waals surface area (Å²) in [5.41, 5.74) is 0.246. The number of para-hydroxylation sites is 2. The third kappa shape index (κ3) is 3.30. The molecule has 1 heterocycles. The third-order valence-corrected chi connectivity index (χ3v) is 2.96. The van der Waals surface area contributed by atoms with Crippen LogP contribution in [0.1, 0.15) is 5.56 Å². The highest BCUT2D eigenvalue weighted by Gasteiger charge is 2.23. The number of nitrogens with zero attached hydrogens (tertiary/aromatic N) is 1. The van der Waals surface area contributed by atoms with Crippen LogP contribution in [-0.2, 0) is 4.74 Å². The van der Waals surface area contributed by atoms with Gasteiger partial charge in [0.05, 0.1) is 18.2 Å². The van der Waals surface area contributed by atoms with Crippen LogP contribution >= 0.6 is 0 Å². The number of epoxide rings is 1. The zero-order valence-electron chi connectivity index (χ0n) is 11.1. The first-order chi connectivity index (χ1) is 10.3. The van der Waals surface area contributed by atoms with Crippen molar-refractivity contribution in [3.8, 4) is 23.3 Å². The Hall–Kier alpha value is -2.58. The molecule has 0 aromatic heterocycles. The van der Waals surface area contributed by atoms with Gasteiger partial charge in [0.1, 0.15) is 12.7 Å². The highest BCUT2D eigenvalue weighted by molar-refractivity contribution is 5.44. The molecule has 1 fully saturated rings. The number of hydrogen-bond acceptors (Lipinski definition) is 4. The van der Waals surface area contributed by atoms with E-state index in [0.29, 0.717) is 24.7 Å². The smallest absolute Gasteiger partial charge is 0.169 e. The Balaban J connectivity index is 1.79. The number of hydrogen-bond donors (Lipinski definition) is 0. The van der Waals surface area contributed by atoms with Crippen molar-refractivity contribution >= 4 is 0 Å². The first kappa shape index (κ1) is 13.4. The molecule has 0 saturated carbocycles. The second kappa shape index (κ2) is 5.81. The summed E-state index contributed by atoms with van der Waals surface area (Å²) in [7, 11) is 0. The van der Waals surface area contributed by atoms with Crippen LogP contribution in [0, 0.1) is 17.1 Å². The first-order valence-corrected chi connectivity index (χ1v) is 6.47. The van der Waals surface area contributed by atoms with Gasteiger partial charge in [-0.15, -0.1) is 0 Å². The van der Waals surface area contributed by atoms with Gasteiger partial charge >= 0.3 is 0 Å². The van der Waals surface area contributed by atoms with E-state index in [9.17, 15) is 4.39 Å². The minimum absolute atomic E-state index is 0.0488. The van der Waals surface area contributed by atoms with Gasteiger partial charge in [-0.25, -0.2) is 4.39 Å². The summed E-state index contributed by atoms with van der Waals surface area (Å²) in [5.74, 6) is 0.403. The Kier molecular flexibility index (Phi) is 3.71. The fourth-order valence-corrected chi connectivity index (χ4v) is 1.77. The van der Waals surface area contributed by atoms with Crippen LogP contribution in [0.3, 0.4) is 0 Å². The Labute approximate surface area is 121 Å². The van der Waals surface area contributed by atoms with Gasteiger partial charge in [-0.05, 0) is 30.3 Å². The summed E-state index contributed by atoms with van der Waals surface area (Å²) in [6, 6.07) is 13.0. The maximum absolute atomic E-state index is 13.8. The van der Waals surface area contributed by atoms with E-state index in [4.69, 9.17) is 19.5 Å². The van der Waals surface area contributed by atoms with Gasteiger partial charge in [0.25, 0.3) is 0 Å². The van der Waals surface area contributed by atoms with Crippen molar-refractivity contribution in [1.82, 2.24) is 0 Å². The topological polar surface area (TPSA) is 54.8 Å². The van der Waals surface area contributed by atoms with Crippen molar-refractivity contribution in [2.75, 3.05) is 13.2 Å². The average molecular weight is 285 g/mol. The number of benzene rings is 2. The molecular weight excluding hydrogens is 273 g/mol. The highest BCUT2D eigenvalue weighted by Crippen LogP contribution is 2.33. The SMILES string of the molecule is N#Cc1ccc(Oc2ccccc2OCC2CO2)c(F)c1. The van der Waals surface area contributed by atoms with Crippen LogP contribution in [0.4, 0.5) is 4.39 Å². The standard InChI is InChI=1S/C16H12FNO3/c17-13-7-11(8-18)5-6-14(13)21-16-4-2-1-3-15(16)20-10-12-9-19-12/h1-7,12H,9-10H2. The van der Waals surface area contributed by atoms with Gasteiger partial charge < -0.3 is 14.2 Å². The lowest BCUT2D eigenvalue weighted by Crippen LogP contribution is -2.05. The molecule has 1 aliphatic rings. The minimum atomic E-state index is -0.589. The van der Waals surface area contributed by atoms with E-state index < -0.39 is 5.82 Å². The lowest BCUT2D eigenvalue weighted by Gasteiger charge is -2.12. The van der Waals surface area contributed by atoms with E-state index in [1.165, 1.54) is 12.1 Å². The molecule has 5 heteroatoms. The zero-order valence-corrected chi connectivity index (χ0v) is 11.1. The Bertz CT molecular complexity index is 692. The van der Waals surface area contributed by atoms with Gasteiger partial charge in [-0.3, -0.25) is 0 Å². The van der Waals surface area contributed by atoms with Crippen molar-refractivity contribution in [2.24, 2.45) is 0 Å². The summed E-state index contributed by atoms with van der Waals surface area (Å²) in [5, 5.41) is 8.73. The Morgan fingerprint density at radius 3 is 2.62 bits per heavy atom. The van der Waals surface area contributed by atoms with Gasteiger partial charge in [0.2, 0.25) is 0 Å². The molecule has 1 saturated heterocycles. The lowest BCUT2D eigenvalue weighted by molar-refractivity contribution is 0.254. The van der Waals surface area contributed by atoms with Crippen LogP contribution in [-0.4, -0.2) is 19.3 Å². The van der Waals surface area contributed by atoms with Crippen molar-refractivity contribution in [3.05, 3.63) is 53.8 Å². The number of rotatable bonds is 5. The molecule has 1 atom stereocenters. The first-order valence-electron chi connectivity index (χ1n) is 6.47. The van der Waals surface area contributed by atoms with Crippen LogP contribution in [0.5, 0.6) is 17.2 Å². The molecule has 0 spiro atoms. The summed E-state index contributed by atoms with van der Waals surface area (Å²) < 4.78 is 30.1. The van der Waals surface area contributed by atoms with E-state index >= 15 is 0 Å². The molecule has 0 aliphatic carbocycles. The molecular formula is C16H12FNO3. The quantitative estimate of drug-likeness (QED) is 0.791. The summed E-state index contributed by atoms with van der Waals surface area (Å²) >= 11 is 0. The summed E-state index contributed by atoms with van der Waals surface area (Å²) in [6.07, 6.45) is 0.129.